The number of carboxylic acid groups (broad SMARTS) is 1. The molecule has 2 bridgehead atoms. The van der Waals surface area contributed by atoms with Crippen molar-refractivity contribution >= 4 is 29.0 Å². The molecule has 234 valence electrons. The summed E-state index contributed by atoms with van der Waals surface area (Å²) in [4.78, 5) is 50.7. The quantitative estimate of drug-likeness (QED) is 0.512. The third kappa shape index (κ3) is 6.80. The number of hydrogen-bond donors (Lipinski definition) is 2. The number of aliphatic carboxylic acids is 1. The first-order chi connectivity index (χ1) is 20.5. The number of rotatable bonds is 4. The summed E-state index contributed by atoms with van der Waals surface area (Å²) in [7, 11) is 0. The van der Waals surface area contributed by atoms with Crippen LogP contribution in [0.3, 0.4) is 0 Å². The SMILES string of the molecule is CCOc1ccc2nc3c(nc2c1)O[C@H]1CN(C(=O)[C@H](C(C)(C)C)NC(=O)O[C@@H]2CC2CCCCC3)[C@H](C(=O)O)[C@@H]1CC. The van der Waals surface area contributed by atoms with Crippen molar-refractivity contribution in [3.05, 3.63) is 23.9 Å². The van der Waals surface area contributed by atoms with Crippen LogP contribution in [0.15, 0.2) is 18.2 Å². The van der Waals surface area contributed by atoms with Gasteiger partial charge >= 0.3 is 12.1 Å². The highest BCUT2D eigenvalue weighted by Crippen LogP contribution is 2.39. The number of benzene rings is 1. The highest BCUT2D eigenvalue weighted by molar-refractivity contribution is 5.90. The van der Waals surface area contributed by atoms with E-state index in [4.69, 9.17) is 24.2 Å². The maximum Gasteiger partial charge on any atom is 0.408 e. The molecule has 2 amide bonds. The molecule has 2 aliphatic heterocycles. The molecule has 1 aromatic carbocycles. The summed E-state index contributed by atoms with van der Waals surface area (Å²) >= 11 is 0. The van der Waals surface area contributed by atoms with Gasteiger partial charge in [0, 0.05) is 12.0 Å². The number of hydrogen-bond acceptors (Lipinski definition) is 8. The summed E-state index contributed by atoms with van der Waals surface area (Å²) in [5, 5.41) is 13.1. The Kier molecular flexibility index (Phi) is 8.99. The minimum atomic E-state index is -1.12. The Hall–Kier alpha value is -3.63. The lowest BCUT2D eigenvalue weighted by Crippen LogP contribution is -2.57. The zero-order valence-corrected chi connectivity index (χ0v) is 25.8. The van der Waals surface area contributed by atoms with Crippen molar-refractivity contribution in [3.8, 4) is 11.6 Å². The zero-order valence-electron chi connectivity index (χ0n) is 25.8. The van der Waals surface area contributed by atoms with Crippen molar-refractivity contribution in [3.63, 3.8) is 0 Å². The zero-order chi connectivity index (χ0) is 30.9. The molecular weight excluding hydrogens is 552 g/mol. The fourth-order valence-electron chi connectivity index (χ4n) is 6.39. The average molecular weight is 597 g/mol. The fourth-order valence-corrected chi connectivity index (χ4v) is 6.39. The number of carbonyl (C=O) groups is 3. The van der Waals surface area contributed by atoms with E-state index in [0.717, 1.165) is 43.3 Å². The Morgan fingerprint density at radius 3 is 2.58 bits per heavy atom. The van der Waals surface area contributed by atoms with Crippen LogP contribution < -0.4 is 14.8 Å². The molecule has 2 aromatic rings. The number of alkyl carbamates (subject to hydrolysis) is 1. The Bertz CT molecular complexity index is 1360. The predicted molar refractivity (Wildman–Crippen MR) is 159 cm³/mol. The second-order valence-corrected chi connectivity index (χ2v) is 13.0. The van der Waals surface area contributed by atoms with E-state index in [1.165, 1.54) is 4.90 Å². The van der Waals surface area contributed by atoms with E-state index in [0.29, 0.717) is 42.5 Å². The predicted octanol–water partition coefficient (Wildman–Crippen LogP) is 4.74. The van der Waals surface area contributed by atoms with Gasteiger partial charge in [-0.05, 0) is 62.5 Å². The molecule has 43 heavy (non-hydrogen) atoms. The van der Waals surface area contributed by atoms with Gasteiger partial charge in [-0.25, -0.2) is 19.6 Å². The molecule has 1 aliphatic carbocycles. The molecule has 1 saturated carbocycles. The van der Waals surface area contributed by atoms with Gasteiger partial charge in [0.2, 0.25) is 11.8 Å². The number of amides is 2. The van der Waals surface area contributed by atoms with Crippen LogP contribution in [0.25, 0.3) is 11.0 Å². The van der Waals surface area contributed by atoms with Gasteiger partial charge in [0.1, 0.15) is 35.7 Å². The Morgan fingerprint density at radius 1 is 1.09 bits per heavy atom. The minimum Gasteiger partial charge on any atom is -0.494 e. The summed E-state index contributed by atoms with van der Waals surface area (Å²) in [5.74, 6) is -0.727. The van der Waals surface area contributed by atoms with E-state index >= 15 is 0 Å². The summed E-state index contributed by atoms with van der Waals surface area (Å²) in [6.45, 7) is 9.89. The summed E-state index contributed by atoms with van der Waals surface area (Å²) in [6.07, 6.45) is 4.32. The van der Waals surface area contributed by atoms with Crippen LogP contribution in [0.2, 0.25) is 0 Å². The van der Waals surface area contributed by atoms with Gasteiger partial charge in [-0.2, -0.15) is 0 Å². The van der Waals surface area contributed by atoms with Crippen LogP contribution in [0.4, 0.5) is 4.79 Å². The highest BCUT2D eigenvalue weighted by Gasteiger charge is 2.51. The summed E-state index contributed by atoms with van der Waals surface area (Å²) < 4.78 is 17.9. The molecule has 3 heterocycles. The molecule has 2 fully saturated rings. The van der Waals surface area contributed by atoms with Crippen LogP contribution in [0, 0.1) is 17.3 Å². The lowest BCUT2D eigenvalue weighted by Gasteiger charge is -2.34. The second kappa shape index (κ2) is 12.5. The number of carbonyl (C=O) groups excluding carboxylic acids is 2. The van der Waals surface area contributed by atoms with Gasteiger partial charge < -0.3 is 29.5 Å². The third-order valence-corrected chi connectivity index (χ3v) is 8.83. The lowest BCUT2D eigenvalue weighted by atomic mass is 9.85. The van der Waals surface area contributed by atoms with E-state index in [1.807, 2.05) is 52.8 Å². The lowest BCUT2D eigenvalue weighted by molar-refractivity contribution is -0.151. The molecule has 0 radical (unpaired) electrons. The van der Waals surface area contributed by atoms with Gasteiger partial charge in [-0.15, -0.1) is 0 Å². The van der Waals surface area contributed by atoms with Crippen molar-refractivity contribution in [1.29, 1.82) is 0 Å². The first-order valence-corrected chi connectivity index (χ1v) is 15.6. The van der Waals surface area contributed by atoms with E-state index in [1.54, 1.807) is 0 Å². The molecule has 1 saturated heterocycles. The molecular formula is C32H44N4O7. The van der Waals surface area contributed by atoms with Gasteiger partial charge in [0.25, 0.3) is 0 Å². The number of aryl methyl sites for hydroxylation is 1. The van der Waals surface area contributed by atoms with Gasteiger partial charge in [0.05, 0.1) is 24.2 Å². The van der Waals surface area contributed by atoms with E-state index < -0.39 is 47.5 Å². The normalized spacial score (nSPS) is 28.4. The Balaban J connectivity index is 1.53. The fraction of sp³-hybridized carbons (Fsp3) is 0.656. The van der Waals surface area contributed by atoms with Crippen LogP contribution >= 0.6 is 0 Å². The van der Waals surface area contributed by atoms with Crippen molar-refractivity contribution in [2.24, 2.45) is 17.3 Å². The minimum absolute atomic E-state index is 0.0421. The van der Waals surface area contributed by atoms with Crippen LogP contribution in [0.5, 0.6) is 11.6 Å². The molecule has 2 N–H and O–H groups in total. The molecule has 0 spiro atoms. The third-order valence-electron chi connectivity index (χ3n) is 8.83. The van der Waals surface area contributed by atoms with E-state index in [-0.39, 0.29) is 12.6 Å². The van der Waals surface area contributed by atoms with Crippen molar-refractivity contribution in [1.82, 2.24) is 20.2 Å². The van der Waals surface area contributed by atoms with E-state index in [2.05, 4.69) is 5.32 Å². The first-order valence-electron chi connectivity index (χ1n) is 15.6. The molecule has 6 atom stereocenters. The monoisotopic (exact) mass is 596 g/mol. The Morgan fingerprint density at radius 2 is 1.88 bits per heavy atom. The first kappa shape index (κ1) is 30.8. The summed E-state index contributed by atoms with van der Waals surface area (Å²) in [5.41, 5.74) is 1.37. The van der Waals surface area contributed by atoms with Gasteiger partial charge in [-0.1, -0.05) is 40.5 Å². The van der Waals surface area contributed by atoms with Crippen LogP contribution in [-0.2, 0) is 20.7 Å². The highest BCUT2D eigenvalue weighted by atomic mass is 16.6. The Labute approximate surface area is 252 Å². The molecule has 11 nitrogen and oxygen atoms in total. The van der Waals surface area contributed by atoms with Crippen molar-refractivity contribution < 1.29 is 33.7 Å². The number of nitrogens with zero attached hydrogens (tertiary/aromatic N) is 3. The molecule has 1 aromatic heterocycles. The number of carboxylic acids is 1. The molecule has 3 aliphatic rings. The molecule has 11 heteroatoms. The molecule has 5 rings (SSSR count). The number of ether oxygens (including phenoxy) is 3. The van der Waals surface area contributed by atoms with Gasteiger partial charge in [0.15, 0.2) is 0 Å². The van der Waals surface area contributed by atoms with Crippen LogP contribution in [-0.4, -0.2) is 75.4 Å². The van der Waals surface area contributed by atoms with Gasteiger partial charge in [-0.3, -0.25) is 4.79 Å². The summed E-state index contributed by atoms with van der Waals surface area (Å²) in [6, 6.07) is 3.48. The molecule has 1 unspecified atom stereocenters. The largest absolute Gasteiger partial charge is 0.494 e. The maximum absolute atomic E-state index is 14.1. The number of fused-ring (bicyclic) bond motifs is 5. The standard InChI is InChI=1S/C32H44N4O7/c1-6-20-25-17-36(26(20)30(38)39)29(37)27(32(3,4)5)35-31(40)43-24-15-18(24)11-9-8-10-12-22-28(42-25)34-23-16-19(41-7-2)13-14-21(23)33-22/h13-14,16,18,20,24-27H,6-12,15,17H2,1-5H3,(H,35,40)(H,38,39)/t18?,20-,24-,25+,26+,27-/m1/s1. The topological polar surface area (TPSA) is 140 Å². The average Bonchev–Trinajstić information content (AvgIpc) is 3.56. The number of aromatic nitrogens is 2. The van der Waals surface area contributed by atoms with E-state index in [9.17, 15) is 19.5 Å². The maximum atomic E-state index is 14.1. The van der Waals surface area contributed by atoms with Crippen LogP contribution in [0.1, 0.15) is 78.8 Å². The smallest absolute Gasteiger partial charge is 0.408 e. The second-order valence-electron chi connectivity index (χ2n) is 13.0. The van der Waals surface area contributed by atoms with Crippen molar-refractivity contribution in [2.45, 2.75) is 104 Å². The number of nitrogens with one attached hydrogen (secondary N) is 1. The van der Waals surface area contributed by atoms with Crippen molar-refractivity contribution in [2.75, 3.05) is 13.2 Å².